The maximum atomic E-state index is 12.2. The van der Waals surface area contributed by atoms with Crippen LogP contribution in [0.3, 0.4) is 0 Å². The van der Waals surface area contributed by atoms with Crippen LogP contribution in [-0.4, -0.2) is 30.6 Å². The van der Waals surface area contributed by atoms with E-state index in [-0.39, 0.29) is 16.9 Å². The van der Waals surface area contributed by atoms with E-state index in [9.17, 15) is 9.59 Å². The minimum Gasteiger partial charge on any atom is -0.497 e. The van der Waals surface area contributed by atoms with E-state index in [2.05, 4.69) is 16.0 Å². The molecule has 0 spiro atoms. The summed E-state index contributed by atoms with van der Waals surface area (Å²) in [5, 5.41) is 8.32. The van der Waals surface area contributed by atoms with Crippen molar-refractivity contribution in [3.8, 4) is 5.75 Å². The maximum Gasteiger partial charge on any atom is 0.257 e. The molecule has 130 valence electrons. The van der Waals surface area contributed by atoms with Crippen LogP contribution < -0.4 is 20.7 Å². The molecule has 7 heteroatoms. The van der Waals surface area contributed by atoms with E-state index in [1.54, 1.807) is 55.6 Å². The van der Waals surface area contributed by atoms with Crippen LogP contribution in [0.1, 0.15) is 27.6 Å². The van der Waals surface area contributed by atoms with Crippen LogP contribution in [0.4, 0.5) is 5.69 Å². The third kappa shape index (κ3) is 5.02. The fraction of sp³-hybridized carbons (Fsp3) is 0.167. The number of hydrogen-bond donors (Lipinski definition) is 3. The van der Waals surface area contributed by atoms with Gasteiger partial charge >= 0.3 is 0 Å². The average Bonchev–Trinajstić information content (AvgIpc) is 2.62. The van der Waals surface area contributed by atoms with Crippen LogP contribution in [0.15, 0.2) is 48.5 Å². The molecule has 2 rings (SSSR count). The summed E-state index contributed by atoms with van der Waals surface area (Å²) in [5.74, 6) is 0.0960. The summed E-state index contributed by atoms with van der Waals surface area (Å²) in [7, 11) is 1.56. The van der Waals surface area contributed by atoms with Gasteiger partial charge in [0.1, 0.15) is 5.75 Å². The molecule has 6 nitrogen and oxygen atoms in total. The van der Waals surface area contributed by atoms with Crippen molar-refractivity contribution in [3.63, 3.8) is 0 Å². The van der Waals surface area contributed by atoms with Gasteiger partial charge < -0.3 is 15.4 Å². The summed E-state index contributed by atoms with van der Waals surface area (Å²) in [6.45, 7) is 2.36. The molecule has 2 amide bonds. The Morgan fingerprint density at radius 3 is 2.36 bits per heavy atom. The molecule has 0 fully saturated rings. The van der Waals surface area contributed by atoms with Crippen LogP contribution in [0.2, 0.25) is 0 Å². The lowest BCUT2D eigenvalue weighted by Gasteiger charge is -2.13. The van der Waals surface area contributed by atoms with Crippen molar-refractivity contribution >= 4 is 34.8 Å². The van der Waals surface area contributed by atoms with Gasteiger partial charge in [-0.25, -0.2) is 0 Å². The van der Waals surface area contributed by atoms with E-state index < -0.39 is 0 Å². The van der Waals surface area contributed by atoms with Crippen LogP contribution in [0.5, 0.6) is 5.75 Å². The Kier molecular flexibility index (Phi) is 6.47. The Morgan fingerprint density at radius 2 is 1.72 bits per heavy atom. The normalized spacial score (nSPS) is 9.84. The van der Waals surface area contributed by atoms with Gasteiger partial charge in [-0.05, 0) is 55.5 Å². The van der Waals surface area contributed by atoms with E-state index in [0.29, 0.717) is 29.1 Å². The average molecular weight is 357 g/mol. The number of ether oxygens (including phenoxy) is 1. The van der Waals surface area contributed by atoms with Crippen LogP contribution >= 0.6 is 12.2 Å². The molecule has 0 bridgehead atoms. The number of amides is 2. The molecule has 0 saturated carbocycles. The van der Waals surface area contributed by atoms with Gasteiger partial charge in [-0.1, -0.05) is 12.1 Å². The topological polar surface area (TPSA) is 79.5 Å². The molecule has 0 saturated heterocycles. The number of rotatable bonds is 5. The second-order valence-electron chi connectivity index (χ2n) is 5.04. The van der Waals surface area contributed by atoms with E-state index in [1.807, 2.05) is 6.92 Å². The molecular formula is C18H19N3O3S. The summed E-state index contributed by atoms with van der Waals surface area (Å²) in [6, 6.07) is 13.6. The van der Waals surface area contributed by atoms with Crippen molar-refractivity contribution in [2.45, 2.75) is 6.92 Å². The number of hydrogen-bond acceptors (Lipinski definition) is 4. The van der Waals surface area contributed by atoms with Crippen LogP contribution in [0, 0.1) is 0 Å². The Labute approximate surface area is 151 Å². The maximum absolute atomic E-state index is 12.2. The molecular weight excluding hydrogens is 338 g/mol. The zero-order chi connectivity index (χ0) is 18.2. The van der Waals surface area contributed by atoms with Crippen LogP contribution in [0.25, 0.3) is 0 Å². The predicted octanol–water partition coefficient (Wildman–Crippen LogP) is 2.57. The largest absolute Gasteiger partial charge is 0.497 e. The molecule has 0 atom stereocenters. The van der Waals surface area contributed by atoms with Gasteiger partial charge in [-0.3, -0.25) is 14.9 Å². The van der Waals surface area contributed by atoms with Crippen molar-refractivity contribution in [2.75, 3.05) is 19.0 Å². The minimum atomic E-state index is -0.351. The lowest BCUT2D eigenvalue weighted by Crippen LogP contribution is -2.35. The smallest absolute Gasteiger partial charge is 0.257 e. The Balaban J connectivity index is 2.04. The van der Waals surface area contributed by atoms with Gasteiger partial charge in [0.05, 0.1) is 18.4 Å². The Morgan fingerprint density at radius 1 is 1.04 bits per heavy atom. The third-order valence-corrected chi connectivity index (χ3v) is 3.54. The summed E-state index contributed by atoms with van der Waals surface area (Å²) in [4.78, 5) is 24.3. The molecule has 0 unspecified atom stereocenters. The summed E-state index contributed by atoms with van der Waals surface area (Å²) in [5.41, 5.74) is 1.42. The molecule has 0 aliphatic rings. The second-order valence-corrected chi connectivity index (χ2v) is 5.45. The lowest BCUT2D eigenvalue weighted by atomic mass is 10.1. The molecule has 2 aromatic rings. The number of nitrogens with one attached hydrogen (secondary N) is 3. The highest BCUT2D eigenvalue weighted by Crippen LogP contribution is 2.15. The summed E-state index contributed by atoms with van der Waals surface area (Å²) in [6.07, 6.45) is 0. The van der Waals surface area contributed by atoms with E-state index in [0.717, 1.165) is 0 Å². The number of carbonyl (C=O) groups excluding carboxylic acids is 2. The predicted molar refractivity (Wildman–Crippen MR) is 101 cm³/mol. The number of para-hydroxylation sites is 1. The first-order valence-electron chi connectivity index (χ1n) is 7.68. The molecule has 0 aliphatic carbocycles. The molecule has 25 heavy (non-hydrogen) atoms. The molecule has 0 aliphatic heterocycles. The first-order chi connectivity index (χ1) is 12.0. The fourth-order valence-corrected chi connectivity index (χ4v) is 2.32. The van der Waals surface area contributed by atoms with Gasteiger partial charge in [0, 0.05) is 12.1 Å². The first kappa shape index (κ1) is 18.4. The number of methoxy groups -OCH3 is 1. The Bertz CT molecular complexity index is 775. The molecule has 3 N–H and O–H groups in total. The van der Waals surface area contributed by atoms with Crippen molar-refractivity contribution in [2.24, 2.45) is 0 Å². The van der Waals surface area contributed by atoms with Gasteiger partial charge in [-0.2, -0.15) is 0 Å². The molecule has 0 aromatic heterocycles. The highest BCUT2D eigenvalue weighted by Gasteiger charge is 2.13. The zero-order valence-electron chi connectivity index (χ0n) is 14.0. The number of anilines is 1. The van der Waals surface area contributed by atoms with Crippen LogP contribution in [-0.2, 0) is 0 Å². The van der Waals surface area contributed by atoms with E-state index >= 15 is 0 Å². The fourth-order valence-electron chi connectivity index (χ4n) is 2.12. The van der Waals surface area contributed by atoms with Crippen molar-refractivity contribution in [1.82, 2.24) is 10.6 Å². The van der Waals surface area contributed by atoms with Gasteiger partial charge in [0.15, 0.2) is 5.11 Å². The minimum absolute atomic E-state index is 0.109. The Hall–Kier alpha value is -2.93. The monoisotopic (exact) mass is 357 g/mol. The third-order valence-electron chi connectivity index (χ3n) is 3.34. The standard InChI is InChI=1S/C18H19N3O3S/c1-3-19-17(23)14-6-4-5-7-15(14)20-18(25)21-16(22)12-8-10-13(24-2)11-9-12/h4-11H,3H2,1-2H3,(H,19,23)(H2,20,21,22,25). The SMILES string of the molecule is CCNC(=O)c1ccccc1NC(=S)NC(=O)c1ccc(OC)cc1. The number of thiocarbonyl (C=S) groups is 1. The highest BCUT2D eigenvalue weighted by molar-refractivity contribution is 7.80. The lowest BCUT2D eigenvalue weighted by molar-refractivity contribution is 0.0954. The van der Waals surface area contributed by atoms with E-state index in [4.69, 9.17) is 17.0 Å². The quantitative estimate of drug-likeness (QED) is 0.717. The zero-order valence-corrected chi connectivity index (χ0v) is 14.8. The van der Waals surface area contributed by atoms with E-state index in [1.165, 1.54) is 0 Å². The summed E-state index contributed by atoms with van der Waals surface area (Å²) >= 11 is 5.17. The highest BCUT2D eigenvalue weighted by atomic mass is 32.1. The van der Waals surface area contributed by atoms with Gasteiger partial charge in [-0.15, -0.1) is 0 Å². The number of carbonyl (C=O) groups is 2. The van der Waals surface area contributed by atoms with Gasteiger partial charge in [0.2, 0.25) is 0 Å². The van der Waals surface area contributed by atoms with Crippen molar-refractivity contribution in [3.05, 3.63) is 59.7 Å². The molecule has 0 radical (unpaired) electrons. The molecule has 2 aromatic carbocycles. The van der Waals surface area contributed by atoms with Gasteiger partial charge in [0.25, 0.3) is 11.8 Å². The summed E-state index contributed by atoms with van der Waals surface area (Å²) < 4.78 is 5.06. The first-order valence-corrected chi connectivity index (χ1v) is 8.09. The molecule has 0 heterocycles. The van der Waals surface area contributed by atoms with Crippen molar-refractivity contribution in [1.29, 1.82) is 0 Å². The number of benzene rings is 2. The van der Waals surface area contributed by atoms with Crippen molar-refractivity contribution < 1.29 is 14.3 Å². The second kappa shape index (κ2) is 8.79.